The Morgan fingerprint density at radius 3 is 2.24 bits per heavy atom. The van der Waals surface area contributed by atoms with Crippen LogP contribution in [0.15, 0.2) is 0 Å². The third-order valence-electron chi connectivity index (χ3n) is 3.99. The first-order valence-corrected chi connectivity index (χ1v) is 6.66. The van der Waals surface area contributed by atoms with Crippen molar-refractivity contribution < 1.29 is 15.0 Å². The summed E-state index contributed by atoms with van der Waals surface area (Å²) >= 11 is 0. The first-order valence-electron chi connectivity index (χ1n) is 6.66. The van der Waals surface area contributed by atoms with Crippen LogP contribution in [-0.4, -0.2) is 27.3 Å². The van der Waals surface area contributed by atoms with Gasteiger partial charge in [0.1, 0.15) is 5.54 Å². The number of aliphatic hydroxyl groups is 1. The van der Waals surface area contributed by atoms with Gasteiger partial charge in [0.2, 0.25) is 0 Å². The van der Waals surface area contributed by atoms with Crippen molar-refractivity contribution in [1.82, 2.24) is 0 Å². The van der Waals surface area contributed by atoms with E-state index in [4.69, 9.17) is 10.8 Å². The lowest BCUT2D eigenvalue weighted by molar-refractivity contribution is -0.147. The van der Waals surface area contributed by atoms with E-state index in [0.29, 0.717) is 25.7 Å². The molecule has 17 heavy (non-hydrogen) atoms. The summed E-state index contributed by atoms with van der Waals surface area (Å²) in [5.41, 5.74) is 4.00. The van der Waals surface area contributed by atoms with Gasteiger partial charge >= 0.3 is 5.97 Å². The van der Waals surface area contributed by atoms with Gasteiger partial charge in [-0.2, -0.15) is 0 Å². The van der Waals surface area contributed by atoms with Gasteiger partial charge in [0.25, 0.3) is 0 Å². The third kappa shape index (κ3) is 3.96. The molecule has 1 rings (SSSR count). The van der Waals surface area contributed by atoms with Crippen LogP contribution >= 0.6 is 0 Å². The van der Waals surface area contributed by atoms with Crippen LogP contribution in [0.3, 0.4) is 0 Å². The van der Waals surface area contributed by atoms with Gasteiger partial charge in [-0.3, -0.25) is 4.79 Å². The maximum Gasteiger partial charge on any atom is 0.323 e. The number of carbonyl (C=O) groups is 1. The molecule has 0 aromatic carbocycles. The Labute approximate surface area is 103 Å². The fourth-order valence-corrected chi connectivity index (χ4v) is 2.51. The quantitative estimate of drug-likeness (QED) is 0.623. The summed E-state index contributed by atoms with van der Waals surface area (Å²) in [4.78, 5) is 11.0. The smallest absolute Gasteiger partial charge is 0.323 e. The molecule has 4 nitrogen and oxygen atoms in total. The molecule has 0 amide bonds. The molecule has 0 bridgehead atoms. The molecule has 0 aliphatic heterocycles. The lowest BCUT2D eigenvalue weighted by Gasteiger charge is -2.39. The fourth-order valence-electron chi connectivity index (χ4n) is 2.51. The zero-order valence-corrected chi connectivity index (χ0v) is 10.7. The first-order chi connectivity index (χ1) is 7.92. The molecular formula is C13H25NO3. The van der Waals surface area contributed by atoms with E-state index in [-0.39, 0.29) is 0 Å². The topological polar surface area (TPSA) is 83.5 Å². The Hall–Kier alpha value is -0.610. The summed E-state index contributed by atoms with van der Waals surface area (Å²) in [6.45, 7) is 2.16. The van der Waals surface area contributed by atoms with Gasteiger partial charge < -0.3 is 15.9 Å². The van der Waals surface area contributed by atoms with Crippen molar-refractivity contribution in [2.45, 2.75) is 75.9 Å². The van der Waals surface area contributed by atoms with Crippen molar-refractivity contribution in [2.75, 3.05) is 0 Å². The van der Waals surface area contributed by atoms with E-state index in [1.807, 2.05) is 0 Å². The van der Waals surface area contributed by atoms with Gasteiger partial charge in [-0.25, -0.2) is 0 Å². The minimum absolute atomic E-state index is 0.382. The molecule has 0 aromatic rings. The lowest BCUT2D eigenvalue weighted by Crippen LogP contribution is -2.54. The maximum atomic E-state index is 11.0. The van der Waals surface area contributed by atoms with Gasteiger partial charge in [0.05, 0.1) is 5.60 Å². The van der Waals surface area contributed by atoms with E-state index in [0.717, 1.165) is 19.3 Å². The largest absolute Gasteiger partial charge is 0.480 e. The summed E-state index contributed by atoms with van der Waals surface area (Å²) in [6.07, 6.45) is 7.13. The number of carboxylic acids is 1. The Balaban J connectivity index is 2.36. The summed E-state index contributed by atoms with van der Waals surface area (Å²) in [5, 5.41) is 19.3. The molecule has 0 unspecified atom stereocenters. The molecule has 1 saturated carbocycles. The van der Waals surface area contributed by atoms with Crippen LogP contribution in [0.5, 0.6) is 0 Å². The first kappa shape index (κ1) is 14.5. The van der Waals surface area contributed by atoms with Crippen LogP contribution < -0.4 is 5.73 Å². The number of rotatable bonds is 6. The second-order valence-corrected chi connectivity index (χ2v) is 5.50. The SMILES string of the molecule is CCCCCCC1(O)CCC(N)(C(=O)O)CC1. The van der Waals surface area contributed by atoms with Crippen molar-refractivity contribution in [2.24, 2.45) is 5.73 Å². The maximum absolute atomic E-state index is 11.0. The molecule has 0 heterocycles. The molecule has 1 fully saturated rings. The van der Waals surface area contributed by atoms with Gasteiger partial charge in [-0.05, 0) is 32.1 Å². The summed E-state index contributed by atoms with van der Waals surface area (Å²) in [7, 11) is 0. The Morgan fingerprint density at radius 1 is 1.18 bits per heavy atom. The van der Waals surface area contributed by atoms with Crippen LogP contribution in [0.25, 0.3) is 0 Å². The predicted molar refractivity (Wildman–Crippen MR) is 66.7 cm³/mol. The zero-order chi connectivity index (χ0) is 12.9. The average molecular weight is 243 g/mol. The lowest BCUT2D eigenvalue weighted by atomic mass is 9.72. The van der Waals surface area contributed by atoms with Crippen molar-refractivity contribution in [3.05, 3.63) is 0 Å². The van der Waals surface area contributed by atoms with E-state index in [9.17, 15) is 9.90 Å². The minimum atomic E-state index is -1.12. The molecule has 0 saturated heterocycles. The molecule has 4 N–H and O–H groups in total. The standard InChI is InChI=1S/C13H25NO3/c1-2-3-4-5-6-12(17)7-9-13(14,10-8-12)11(15)16/h17H,2-10,14H2,1H3,(H,15,16). The highest BCUT2D eigenvalue weighted by molar-refractivity contribution is 5.78. The van der Waals surface area contributed by atoms with Crippen LogP contribution in [0.1, 0.15) is 64.7 Å². The Morgan fingerprint density at radius 2 is 1.76 bits per heavy atom. The van der Waals surface area contributed by atoms with E-state index in [2.05, 4.69) is 6.92 Å². The van der Waals surface area contributed by atoms with Crippen molar-refractivity contribution in [3.63, 3.8) is 0 Å². The normalized spacial score (nSPS) is 33.6. The van der Waals surface area contributed by atoms with Crippen LogP contribution in [-0.2, 0) is 4.79 Å². The number of nitrogens with two attached hydrogens (primary N) is 1. The monoisotopic (exact) mass is 243 g/mol. The van der Waals surface area contributed by atoms with Crippen molar-refractivity contribution in [1.29, 1.82) is 0 Å². The fraction of sp³-hybridized carbons (Fsp3) is 0.923. The second kappa shape index (κ2) is 5.83. The van der Waals surface area contributed by atoms with Gasteiger partial charge in [-0.15, -0.1) is 0 Å². The number of unbranched alkanes of at least 4 members (excludes halogenated alkanes) is 3. The minimum Gasteiger partial charge on any atom is -0.480 e. The van der Waals surface area contributed by atoms with E-state index in [1.54, 1.807) is 0 Å². The van der Waals surface area contributed by atoms with E-state index < -0.39 is 17.1 Å². The average Bonchev–Trinajstić information content (AvgIpc) is 2.29. The van der Waals surface area contributed by atoms with Gasteiger partial charge in [0, 0.05) is 0 Å². The molecule has 1 aliphatic rings. The molecular weight excluding hydrogens is 218 g/mol. The summed E-state index contributed by atoms with van der Waals surface area (Å²) < 4.78 is 0. The molecule has 0 aromatic heterocycles. The Bertz CT molecular complexity index is 257. The molecule has 1 aliphatic carbocycles. The highest BCUT2D eigenvalue weighted by Gasteiger charge is 2.43. The van der Waals surface area contributed by atoms with Crippen molar-refractivity contribution in [3.8, 4) is 0 Å². The van der Waals surface area contributed by atoms with Crippen LogP contribution in [0.4, 0.5) is 0 Å². The third-order valence-corrected chi connectivity index (χ3v) is 3.99. The van der Waals surface area contributed by atoms with E-state index >= 15 is 0 Å². The number of hydrogen-bond donors (Lipinski definition) is 3. The second-order valence-electron chi connectivity index (χ2n) is 5.50. The van der Waals surface area contributed by atoms with Crippen molar-refractivity contribution >= 4 is 5.97 Å². The number of hydrogen-bond acceptors (Lipinski definition) is 3. The number of aliphatic carboxylic acids is 1. The zero-order valence-electron chi connectivity index (χ0n) is 10.7. The highest BCUT2D eigenvalue weighted by atomic mass is 16.4. The van der Waals surface area contributed by atoms with Gasteiger partial charge in [0.15, 0.2) is 0 Å². The number of carboxylic acid groups (broad SMARTS) is 1. The molecule has 0 radical (unpaired) electrons. The summed E-state index contributed by atoms with van der Waals surface area (Å²) in [6, 6.07) is 0. The predicted octanol–water partition coefficient (Wildman–Crippen LogP) is 2.04. The highest BCUT2D eigenvalue weighted by Crippen LogP contribution is 2.36. The molecule has 0 spiro atoms. The molecule has 100 valence electrons. The summed E-state index contributed by atoms with van der Waals surface area (Å²) in [5.74, 6) is -0.939. The molecule has 0 atom stereocenters. The Kier molecular flexibility index (Phi) is 4.95. The van der Waals surface area contributed by atoms with E-state index in [1.165, 1.54) is 12.8 Å². The van der Waals surface area contributed by atoms with Crippen LogP contribution in [0.2, 0.25) is 0 Å². The molecule has 4 heteroatoms. The van der Waals surface area contributed by atoms with Crippen LogP contribution in [0, 0.1) is 0 Å². The van der Waals surface area contributed by atoms with Gasteiger partial charge in [-0.1, -0.05) is 32.6 Å².